The molecule has 0 aliphatic carbocycles. The summed E-state index contributed by atoms with van der Waals surface area (Å²) < 4.78 is 17.0. The van der Waals surface area contributed by atoms with Gasteiger partial charge in [0.05, 0.1) is 0 Å². The molecule has 0 amide bonds. The SMILES string of the molecule is CCCC/C=C\C/C=C\CCCCCCCC(=O)OCC(COC(=O)CCCCCCCCCCCC/C=C\C/C=C\C/C=C\CCCCCCC)OC(=O)CCCCCCCCCCCCCCCCCCCCCCCCC. The average molecular weight is 1120 g/mol. The molecule has 0 bridgehead atoms. The Morgan fingerprint density at radius 3 is 0.738 bits per heavy atom. The molecule has 0 saturated carbocycles. The van der Waals surface area contributed by atoms with Gasteiger partial charge in [0.2, 0.25) is 0 Å². The minimum absolute atomic E-state index is 0.0775. The van der Waals surface area contributed by atoms with E-state index in [1.807, 2.05) is 0 Å². The van der Waals surface area contributed by atoms with Gasteiger partial charge in [-0.1, -0.05) is 332 Å². The maximum Gasteiger partial charge on any atom is 0.306 e. The number of ether oxygens (including phenoxy) is 3. The van der Waals surface area contributed by atoms with E-state index in [0.29, 0.717) is 19.3 Å². The highest BCUT2D eigenvalue weighted by Crippen LogP contribution is 2.18. The van der Waals surface area contributed by atoms with Crippen LogP contribution in [0.5, 0.6) is 0 Å². The number of hydrogen-bond donors (Lipinski definition) is 0. The number of rotatable bonds is 65. The molecule has 0 saturated heterocycles. The normalized spacial score (nSPS) is 12.4. The second kappa shape index (κ2) is 68.6. The highest BCUT2D eigenvalue weighted by molar-refractivity contribution is 5.71. The third-order valence-electron chi connectivity index (χ3n) is 15.7. The summed E-state index contributed by atoms with van der Waals surface area (Å²) in [5.74, 6) is -0.872. The molecule has 0 aliphatic rings. The van der Waals surface area contributed by atoms with E-state index in [1.165, 1.54) is 244 Å². The first-order chi connectivity index (χ1) is 39.5. The minimum atomic E-state index is -0.782. The Balaban J connectivity index is 4.29. The number of unbranched alkanes of at least 4 members (excludes halogenated alkanes) is 44. The summed E-state index contributed by atoms with van der Waals surface area (Å²) in [7, 11) is 0. The predicted octanol–water partition coefficient (Wildman–Crippen LogP) is 24.3. The van der Waals surface area contributed by atoms with Gasteiger partial charge in [-0.25, -0.2) is 0 Å². The number of esters is 3. The first-order valence-corrected chi connectivity index (χ1v) is 35.3. The van der Waals surface area contributed by atoms with Crippen molar-refractivity contribution in [2.45, 2.75) is 380 Å². The van der Waals surface area contributed by atoms with Crippen LogP contribution in [-0.2, 0) is 28.6 Å². The van der Waals surface area contributed by atoms with Gasteiger partial charge in [0.1, 0.15) is 13.2 Å². The summed E-state index contributed by atoms with van der Waals surface area (Å²) in [5.41, 5.74) is 0. The van der Waals surface area contributed by atoms with Crippen LogP contribution in [0.2, 0.25) is 0 Å². The quantitative estimate of drug-likeness (QED) is 0.0261. The topological polar surface area (TPSA) is 78.9 Å². The molecule has 0 aliphatic heterocycles. The van der Waals surface area contributed by atoms with E-state index >= 15 is 0 Å². The van der Waals surface area contributed by atoms with Crippen molar-refractivity contribution in [3.63, 3.8) is 0 Å². The average Bonchev–Trinajstić information content (AvgIpc) is 3.46. The number of carbonyl (C=O) groups is 3. The van der Waals surface area contributed by atoms with E-state index < -0.39 is 6.10 Å². The van der Waals surface area contributed by atoms with Crippen molar-refractivity contribution in [2.75, 3.05) is 13.2 Å². The first kappa shape index (κ1) is 77.1. The van der Waals surface area contributed by atoms with Gasteiger partial charge in [0, 0.05) is 19.3 Å². The third kappa shape index (κ3) is 65.9. The van der Waals surface area contributed by atoms with E-state index in [2.05, 4.69) is 81.5 Å². The first-order valence-electron chi connectivity index (χ1n) is 35.3. The highest BCUT2D eigenvalue weighted by Gasteiger charge is 2.19. The lowest BCUT2D eigenvalue weighted by Crippen LogP contribution is -2.30. The molecule has 0 aromatic carbocycles. The fraction of sp³-hybridized carbons (Fsp3) is 0.824. The molecule has 6 heteroatoms. The Kier molecular flexibility index (Phi) is 66.1. The Morgan fingerprint density at radius 2 is 0.463 bits per heavy atom. The molecule has 0 fully saturated rings. The van der Waals surface area contributed by atoms with E-state index in [1.54, 1.807) is 0 Å². The summed E-state index contributed by atoms with van der Waals surface area (Å²) >= 11 is 0. The minimum Gasteiger partial charge on any atom is -0.462 e. The van der Waals surface area contributed by atoms with E-state index in [4.69, 9.17) is 14.2 Å². The van der Waals surface area contributed by atoms with Crippen molar-refractivity contribution >= 4 is 17.9 Å². The van der Waals surface area contributed by atoms with Gasteiger partial charge in [-0.3, -0.25) is 14.4 Å². The van der Waals surface area contributed by atoms with Crippen molar-refractivity contribution in [3.8, 4) is 0 Å². The smallest absolute Gasteiger partial charge is 0.306 e. The third-order valence-corrected chi connectivity index (χ3v) is 15.7. The van der Waals surface area contributed by atoms with E-state index in [-0.39, 0.29) is 31.1 Å². The molecule has 1 atom stereocenters. The zero-order valence-electron chi connectivity index (χ0n) is 53.6. The summed E-state index contributed by atoms with van der Waals surface area (Å²) in [4.78, 5) is 38.4. The molecule has 0 aromatic heterocycles. The largest absolute Gasteiger partial charge is 0.462 e. The van der Waals surface area contributed by atoms with Crippen LogP contribution in [0.1, 0.15) is 374 Å². The van der Waals surface area contributed by atoms with Crippen LogP contribution in [0.4, 0.5) is 0 Å². The van der Waals surface area contributed by atoms with Crippen LogP contribution >= 0.6 is 0 Å². The molecule has 0 heterocycles. The van der Waals surface area contributed by atoms with Crippen molar-refractivity contribution in [1.29, 1.82) is 0 Å². The monoisotopic (exact) mass is 1120 g/mol. The molecule has 1 unspecified atom stereocenters. The zero-order chi connectivity index (χ0) is 57.8. The van der Waals surface area contributed by atoms with Crippen molar-refractivity contribution < 1.29 is 28.6 Å². The van der Waals surface area contributed by atoms with E-state index in [0.717, 1.165) is 89.9 Å². The van der Waals surface area contributed by atoms with Gasteiger partial charge in [0.15, 0.2) is 6.10 Å². The molecule has 466 valence electrons. The molecule has 0 N–H and O–H groups in total. The van der Waals surface area contributed by atoms with E-state index in [9.17, 15) is 14.4 Å². The fourth-order valence-corrected chi connectivity index (χ4v) is 10.4. The van der Waals surface area contributed by atoms with Crippen molar-refractivity contribution in [3.05, 3.63) is 60.8 Å². The predicted molar refractivity (Wildman–Crippen MR) is 348 cm³/mol. The lowest BCUT2D eigenvalue weighted by atomic mass is 10.0. The zero-order valence-corrected chi connectivity index (χ0v) is 53.6. The molecule has 0 spiro atoms. The van der Waals surface area contributed by atoms with Gasteiger partial charge in [-0.2, -0.15) is 0 Å². The maximum absolute atomic E-state index is 13.0. The van der Waals surface area contributed by atoms with Gasteiger partial charge >= 0.3 is 17.9 Å². The van der Waals surface area contributed by atoms with Crippen LogP contribution in [0.3, 0.4) is 0 Å². The van der Waals surface area contributed by atoms with Gasteiger partial charge in [0.25, 0.3) is 0 Å². The van der Waals surface area contributed by atoms with Crippen LogP contribution in [0.15, 0.2) is 60.8 Å². The van der Waals surface area contributed by atoms with Gasteiger partial charge in [-0.15, -0.1) is 0 Å². The summed E-state index contributed by atoms with van der Waals surface area (Å²) in [6, 6.07) is 0. The fourth-order valence-electron chi connectivity index (χ4n) is 10.4. The Labute approximate surface area is 498 Å². The van der Waals surface area contributed by atoms with Crippen molar-refractivity contribution in [1.82, 2.24) is 0 Å². The molecule has 0 aromatic rings. The van der Waals surface area contributed by atoms with Gasteiger partial charge in [-0.05, 0) is 83.5 Å². The summed E-state index contributed by atoms with van der Waals surface area (Å²) in [6.07, 6.45) is 88.2. The van der Waals surface area contributed by atoms with Crippen LogP contribution in [0, 0.1) is 0 Å². The maximum atomic E-state index is 13.0. The molecule has 0 radical (unpaired) electrons. The van der Waals surface area contributed by atoms with Crippen LogP contribution in [0.25, 0.3) is 0 Å². The lowest BCUT2D eigenvalue weighted by molar-refractivity contribution is -0.167. The Morgan fingerprint density at radius 1 is 0.250 bits per heavy atom. The second-order valence-electron chi connectivity index (χ2n) is 23.8. The van der Waals surface area contributed by atoms with Crippen LogP contribution in [-0.4, -0.2) is 37.2 Å². The molecular formula is C74H134O6. The molecule has 80 heavy (non-hydrogen) atoms. The number of hydrogen-bond acceptors (Lipinski definition) is 6. The Hall–Kier alpha value is -2.89. The summed E-state index contributed by atoms with van der Waals surface area (Å²) in [5, 5.41) is 0. The highest BCUT2D eigenvalue weighted by atomic mass is 16.6. The number of carbonyl (C=O) groups excluding carboxylic acids is 3. The molecule has 6 nitrogen and oxygen atoms in total. The Bertz CT molecular complexity index is 1430. The molecule has 0 rings (SSSR count). The number of allylic oxidation sites excluding steroid dienone is 10. The van der Waals surface area contributed by atoms with Crippen LogP contribution < -0.4 is 0 Å². The van der Waals surface area contributed by atoms with Crippen molar-refractivity contribution in [2.24, 2.45) is 0 Å². The summed E-state index contributed by atoms with van der Waals surface area (Å²) in [6.45, 7) is 6.64. The lowest BCUT2D eigenvalue weighted by Gasteiger charge is -2.18. The van der Waals surface area contributed by atoms with Gasteiger partial charge < -0.3 is 14.2 Å². The second-order valence-corrected chi connectivity index (χ2v) is 23.8. The molecular weight excluding hydrogens is 985 g/mol. The standard InChI is InChI=1S/C74H134O6/c1-4-7-10-13-16-19-22-25-28-30-32-34-36-37-39-40-42-44-46-49-52-55-58-61-64-67-73(76)79-70-71(69-78-72(75)66-63-60-57-54-51-48-27-24-21-18-15-12-9-6-3)80-74(77)68-65-62-59-56-53-50-47-45-43-41-38-35-33-31-29-26-23-20-17-14-11-8-5-2/h15,18,22,24-25,27,30,32,36-37,71H,4-14,16-17,19-21,23,26,28-29,31,33-35,38-70H2,1-3H3/b18-15-,25-22-,27-24-,32-30-,37-36-.